The standard InChI is InChI=1S/C18H21N3O4S/c1-25-14-5-3-13(4-6-14)18-15-11-21(9-7-16(15)19-12-20-18)17(22)8-10-26(2,23)24/h3-6,12H,7-11H2,1-2H3. The Morgan fingerprint density at radius 2 is 1.96 bits per heavy atom. The average Bonchev–Trinajstić information content (AvgIpc) is 2.64. The van der Waals surface area contributed by atoms with Gasteiger partial charge in [0.1, 0.15) is 21.9 Å². The molecule has 1 aliphatic rings. The van der Waals surface area contributed by atoms with Crippen LogP contribution in [0.25, 0.3) is 11.3 Å². The second-order valence-corrected chi connectivity index (χ2v) is 8.58. The van der Waals surface area contributed by atoms with E-state index in [2.05, 4.69) is 9.97 Å². The summed E-state index contributed by atoms with van der Waals surface area (Å²) in [6.45, 7) is 0.925. The van der Waals surface area contributed by atoms with Gasteiger partial charge < -0.3 is 9.64 Å². The number of benzene rings is 1. The summed E-state index contributed by atoms with van der Waals surface area (Å²) in [6.07, 6.45) is 3.31. The van der Waals surface area contributed by atoms with Crippen LogP contribution in [0.2, 0.25) is 0 Å². The number of ether oxygens (including phenoxy) is 1. The van der Waals surface area contributed by atoms with E-state index >= 15 is 0 Å². The number of hydrogen-bond donors (Lipinski definition) is 0. The molecule has 0 N–H and O–H groups in total. The van der Waals surface area contributed by atoms with Crippen molar-refractivity contribution in [2.45, 2.75) is 19.4 Å². The summed E-state index contributed by atoms with van der Waals surface area (Å²) in [4.78, 5) is 22.8. The highest BCUT2D eigenvalue weighted by molar-refractivity contribution is 7.90. The van der Waals surface area contributed by atoms with E-state index in [0.717, 1.165) is 34.5 Å². The van der Waals surface area contributed by atoms with Crippen molar-refractivity contribution in [3.63, 3.8) is 0 Å². The second-order valence-electron chi connectivity index (χ2n) is 6.32. The molecule has 138 valence electrons. The molecule has 3 rings (SSSR count). The Morgan fingerprint density at radius 1 is 1.23 bits per heavy atom. The van der Waals surface area contributed by atoms with Gasteiger partial charge in [0.2, 0.25) is 5.91 Å². The lowest BCUT2D eigenvalue weighted by Gasteiger charge is -2.29. The fraction of sp³-hybridized carbons (Fsp3) is 0.389. The normalized spacial score (nSPS) is 14.0. The van der Waals surface area contributed by atoms with Crippen LogP contribution in [-0.2, 0) is 27.6 Å². The third-order valence-corrected chi connectivity index (χ3v) is 5.35. The van der Waals surface area contributed by atoms with Gasteiger partial charge in [0.05, 0.1) is 24.3 Å². The number of carbonyl (C=O) groups excluding carboxylic acids is 1. The van der Waals surface area contributed by atoms with Crippen LogP contribution >= 0.6 is 0 Å². The van der Waals surface area contributed by atoms with Crippen LogP contribution < -0.4 is 4.74 Å². The van der Waals surface area contributed by atoms with Gasteiger partial charge >= 0.3 is 0 Å². The van der Waals surface area contributed by atoms with E-state index in [1.807, 2.05) is 24.3 Å². The van der Waals surface area contributed by atoms with E-state index < -0.39 is 9.84 Å². The Morgan fingerprint density at radius 3 is 2.62 bits per heavy atom. The zero-order chi connectivity index (χ0) is 18.7. The minimum absolute atomic E-state index is 0.000271. The molecule has 0 radical (unpaired) electrons. The Hall–Kier alpha value is -2.48. The molecular formula is C18H21N3O4S. The van der Waals surface area contributed by atoms with E-state index in [1.165, 1.54) is 0 Å². The summed E-state index contributed by atoms with van der Waals surface area (Å²) < 4.78 is 27.8. The number of carbonyl (C=O) groups is 1. The van der Waals surface area contributed by atoms with Crippen molar-refractivity contribution in [1.29, 1.82) is 0 Å². The molecule has 0 atom stereocenters. The molecule has 1 aromatic heterocycles. The minimum atomic E-state index is -3.16. The summed E-state index contributed by atoms with van der Waals surface area (Å²) in [5.41, 5.74) is 3.56. The first kappa shape index (κ1) is 18.3. The van der Waals surface area contributed by atoms with E-state index in [-0.39, 0.29) is 18.1 Å². The van der Waals surface area contributed by atoms with Crippen molar-refractivity contribution in [1.82, 2.24) is 14.9 Å². The lowest BCUT2D eigenvalue weighted by molar-refractivity contribution is -0.131. The Kier molecular flexibility index (Phi) is 5.22. The molecule has 0 fully saturated rings. The van der Waals surface area contributed by atoms with E-state index in [4.69, 9.17) is 4.74 Å². The fourth-order valence-corrected chi connectivity index (χ4v) is 3.53. The molecule has 1 aliphatic heterocycles. The van der Waals surface area contributed by atoms with Gasteiger partial charge in [-0.1, -0.05) is 0 Å². The van der Waals surface area contributed by atoms with Crippen LogP contribution in [0.1, 0.15) is 17.7 Å². The zero-order valence-corrected chi connectivity index (χ0v) is 15.6. The number of rotatable bonds is 5. The van der Waals surface area contributed by atoms with Crippen LogP contribution in [0.5, 0.6) is 5.75 Å². The Labute approximate surface area is 153 Å². The zero-order valence-electron chi connectivity index (χ0n) is 14.8. The Bertz CT molecular complexity index is 911. The maximum absolute atomic E-state index is 12.4. The van der Waals surface area contributed by atoms with Gasteiger partial charge in [0, 0.05) is 43.3 Å². The van der Waals surface area contributed by atoms with Crippen LogP contribution in [0.4, 0.5) is 0 Å². The highest BCUT2D eigenvalue weighted by Crippen LogP contribution is 2.28. The number of fused-ring (bicyclic) bond motifs is 1. The molecule has 8 heteroatoms. The topological polar surface area (TPSA) is 89.5 Å². The van der Waals surface area contributed by atoms with Crippen molar-refractivity contribution in [2.75, 3.05) is 25.7 Å². The van der Waals surface area contributed by atoms with Crippen LogP contribution in [-0.4, -0.2) is 54.9 Å². The highest BCUT2D eigenvalue weighted by atomic mass is 32.2. The van der Waals surface area contributed by atoms with Gasteiger partial charge in [-0.2, -0.15) is 0 Å². The maximum atomic E-state index is 12.4. The van der Waals surface area contributed by atoms with E-state index in [0.29, 0.717) is 19.5 Å². The molecule has 0 bridgehead atoms. The second kappa shape index (κ2) is 7.41. The molecule has 1 amide bonds. The number of aromatic nitrogens is 2. The first-order valence-electron chi connectivity index (χ1n) is 8.30. The maximum Gasteiger partial charge on any atom is 0.223 e. The summed E-state index contributed by atoms with van der Waals surface area (Å²) in [5.74, 6) is 0.464. The largest absolute Gasteiger partial charge is 0.497 e. The smallest absolute Gasteiger partial charge is 0.223 e. The number of hydrogen-bond acceptors (Lipinski definition) is 6. The van der Waals surface area contributed by atoms with Crippen LogP contribution in [0.15, 0.2) is 30.6 Å². The molecular weight excluding hydrogens is 354 g/mol. The monoisotopic (exact) mass is 375 g/mol. The minimum Gasteiger partial charge on any atom is -0.497 e. The lowest BCUT2D eigenvalue weighted by atomic mass is 9.99. The molecule has 2 heterocycles. The van der Waals surface area contributed by atoms with E-state index in [9.17, 15) is 13.2 Å². The molecule has 0 saturated carbocycles. The van der Waals surface area contributed by atoms with Crippen LogP contribution in [0, 0.1) is 0 Å². The molecule has 0 spiro atoms. The molecule has 0 saturated heterocycles. The third kappa shape index (κ3) is 4.19. The number of amides is 1. The predicted molar refractivity (Wildman–Crippen MR) is 97.5 cm³/mol. The van der Waals surface area contributed by atoms with Crippen molar-refractivity contribution < 1.29 is 17.9 Å². The van der Waals surface area contributed by atoms with Gasteiger partial charge in [0.15, 0.2) is 0 Å². The summed E-state index contributed by atoms with van der Waals surface area (Å²) in [5, 5.41) is 0. The lowest BCUT2D eigenvalue weighted by Crippen LogP contribution is -2.37. The van der Waals surface area contributed by atoms with Crippen molar-refractivity contribution in [2.24, 2.45) is 0 Å². The highest BCUT2D eigenvalue weighted by Gasteiger charge is 2.25. The molecule has 0 unspecified atom stereocenters. The van der Waals surface area contributed by atoms with Crippen molar-refractivity contribution >= 4 is 15.7 Å². The van der Waals surface area contributed by atoms with Gasteiger partial charge in [0.25, 0.3) is 0 Å². The summed E-state index contributed by atoms with van der Waals surface area (Å²) in [7, 11) is -1.55. The molecule has 2 aromatic rings. The van der Waals surface area contributed by atoms with Gasteiger partial charge in [-0.15, -0.1) is 0 Å². The first-order chi connectivity index (χ1) is 12.4. The van der Waals surface area contributed by atoms with Crippen molar-refractivity contribution in [3.8, 4) is 17.0 Å². The SMILES string of the molecule is COc1ccc(-c2ncnc3c2CN(C(=O)CCS(C)(=O)=O)CC3)cc1. The molecule has 26 heavy (non-hydrogen) atoms. The number of sulfone groups is 1. The average molecular weight is 375 g/mol. The summed E-state index contributed by atoms with van der Waals surface area (Å²) in [6, 6.07) is 7.57. The molecule has 7 nitrogen and oxygen atoms in total. The van der Waals surface area contributed by atoms with E-state index in [1.54, 1.807) is 18.3 Å². The van der Waals surface area contributed by atoms with Gasteiger partial charge in [-0.3, -0.25) is 4.79 Å². The first-order valence-corrected chi connectivity index (χ1v) is 10.4. The number of methoxy groups -OCH3 is 1. The third-order valence-electron chi connectivity index (χ3n) is 4.40. The number of nitrogens with zero attached hydrogens (tertiary/aromatic N) is 3. The van der Waals surface area contributed by atoms with Gasteiger partial charge in [-0.25, -0.2) is 18.4 Å². The fourth-order valence-electron chi connectivity index (χ4n) is 2.98. The quantitative estimate of drug-likeness (QED) is 0.786. The molecule has 1 aromatic carbocycles. The Balaban J connectivity index is 1.84. The van der Waals surface area contributed by atoms with Crippen molar-refractivity contribution in [3.05, 3.63) is 41.9 Å². The predicted octanol–water partition coefficient (Wildman–Crippen LogP) is 1.47. The van der Waals surface area contributed by atoms with Gasteiger partial charge in [-0.05, 0) is 24.3 Å². The van der Waals surface area contributed by atoms with Crippen LogP contribution in [0.3, 0.4) is 0 Å². The molecule has 0 aliphatic carbocycles. The summed E-state index contributed by atoms with van der Waals surface area (Å²) >= 11 is 0.